The number of hydrogen-bond donors (Lipinski definition) is 3. The molecule has 1 saturated carbocycles. The lowest BCUT2D eigenvalue weighted by molar-refractivity contribution is -0.134. The predicted molar refractivity (Wildman–Crippen MR) is 177 cm³/mol. The van der Waals surface area contributed by atoms with Gasteiger partial charge in [0, 0.05) is 24.7 Å². The number of carbonyl (C=O) groups is 2. The van der Waals surface area contributed by atoms with Crippen LogP contribution in [0.5, 0.6) is 11.5 Å². The number of aliphatic hydroxyl groups excluding tert-OH is 2. The Hall–Kier alpha value is -3.48. The minimum absolute atomic E-state index is 0.0553. The van der Waals surface area contributed by atoms with E-state index in [-0.39, 0.29) is 42.2 Å². The molecule has 1 fully saturated rings. The Balaban J connectivity index is 1.46. The molecule has 0 spiro atoms. The van der Waals surface area contributed by atoms with Crippen LogP contribution >= 0.6 is 0 Å². The van der Waals surface area contributed by atoms with Crippen molar-refractivity contribution in [2.24, 2.45) is 11.8 Å². The lowest BCUT2D eigenvalue weighted by Crippen LogP contribution is -2.18. The molecule has 6 nitrogen and oxygen atoms in total. The van der Waals surface area contributed by atoms with Gasteiger partial charge in [-0.15, -0.1) is 0 Å². The maximum Gasteiger partial charge on any atom is 0.311 e. The highest BCUT2D eigenvalue weighted by molar-refractivity contribution is 5.91. The largest absolute Gasteiger partial charge is 0.508 e. The van der Waals surface area contributed by atoms with Gasteiger partial charge in [-0.25, -0.2) is 0 Å². The summed E-state index contributed by atoms with van der Waals surface area (Å²) in [6.45, 7) is 6.37. The third-order valence-electron chi connectivity index (χ3n) is 8.42. The molecule has 0 saturated heterocycles. The van der Waals surface area contributed by atoms with E-state index in [0.29, 0.717) is 31.4 Å². The number of benzene rings is 2. The maximum atomic E-state index is 12.5. The number of phenolic OH excluding ortho intramolecular Hbond substituents is 1. The summed E-state index contributed by atoms with van der Waals surface area (Å²) in [6, 6.07) is 14.9. The summed E-state index contributed by atoms with van der Waals surface area (Å²) >= 11 is 0. The zero-order valence-corrected chi connectivity index (χ0v) is 26.6. The van der Waals surface area contributed by atoms with Gasteiger partial charge in [0.15, 0.2) is 0 Å². The minimum atomic E-state index is -0.707. The molecule has 238 valence electrons. The molecule has 3 N–H and O–H groups in total. The first-order valence-electron chi connectivity index (χ1n) is 16.3. The van der Waals surface area contributed by atoms with E-state index in [1.54, 1.807) is 18.2 Å². The van der Waals surface area contributed by atoms with Crippen molar-refractivity contribution in [2.45, 2.75) is 104 Å². The molecular weight excluding hydrogens is 552 g/mol. The zero-order chi connectivity index (χ0) is 31.9. The Morgan fingerprint density at radius 2 is 1.57 bits per heavy atom. The smallest absolute Gasteiger partial charge is 0.311 e. The van der Waals surface area contributed by atoms with E-state index in [1.165, 1.54) is 11.1 Å². The fourth-order valence-corrected chi connectivity index (χ4v) is 5.96. The molecule has 6 heteroatoms. The molecule has 3 rings (SSSR count). The van der Waals surface area contributed by atoms with Crippen LogP contribution in [-0.2, 0) is 9.59 Å². The van der Waals surface area contributed by atoms with Crippen LogP contribution in [0.15, 0.2) is 72.8 Å². The predicted octanol–water partition coefficient (Wildman–Crippen LogP) is 8.21. The number of Topliss-reactive ketones (excluding diaryl/α,β-unsaturated/α-hetero) is 1. The summed E-state index contributed by atoms with van der Waals surface area (Å²) in [4.78, 5) is 24.9. The van der Waals surface area contributed by atoms with Gasteiger partial charge in [0.05, 0.1) is 12.2 Å². The Kier molecular flexibility index (Phi) is 14.6. The van der Waals surface area contributed by atoms with E-state index in [9.17, 15) is 24.9 Å². The molecular formula is C38H50O6. The second kappa shape index (κ2) is 18.4. The first-order valence-corrected chi connectivity index (χ1v) is 16.3. The van der Waals surface area contributed by atoms with Gasteiger partial charge < -0.3 is 20.1 Å². The van der Waals surface area contributed by atoms with Crippen molar-refractivity contribution in [3.8, 4) is 11.5 Å². The van der Waals surface area contributed by atoms with Crippen molar-refractivity contribution in [2.75, 3.05) is 0 Å². The number of esters is 1. The van der Waals surface area contributed by atoms with Crippen LogP contribution in [0.2, 0.25) is 0 Å². The van der Waals surface area contributed by atoms with Gasteiger partial charge in [-0.05, 0) is 85.1 Å². The number of rotatable bonds is 17. The number of aliphatic hydroxyl groups is 2. The van der Waals surface area contributed by atoms with Crippen LogP contribution in [0.3, 0.4) is 0 Å². The third-order valence-corrected chi connectivity index (χ3v) is 8.42. The highest BCUT2D eigenvalue weighted by Gasteiger charge is 2.39. The first-order chi connectivity index (χ1) is 21.3. The van der Waals surface area contributed by atoms with Crippen LogP contribution in [0, 0.1) is 11.8 Å². The average molecular weight is 603 g/mol. The van der Waals surface area contributed by atoms with Gasteiger partial charge in [-0.2, -0.15) is 0 Å². The molecule has 2 aromatic rings. The molecule has 0 bridgehead atoms. The summed E-state index contributed by atoms with van der Waals surface area (Å²) in [5, 5.41) is 30.2. The SMILES string of the molecule is CCCCCC(O)C=CC1C(O)CC(=O)C1CC=CCCCC(=O)Oc1ccc(C(CC)=C(CC)c2ccc(O)cc2)cc1. The zero-order valence-electron chi connectivity index (χ0n) is 26.6. The Labute approximate surface area is 263 Å². The van der Waals surface area contributed by atoms with Gasteiger partial charge >= 0.3 is 5.97 Å². The van der Waals surface area contributed by atoms with E-state index in [2.05, 4.69) is 20.8 Å². The highest BCUT2D eigenvalue weighted by atomic mass is 16.5. The fourth-order valence-electron chi connectivity index (χ4n) is 5.96. The van der Waals surface area contributed by atoms with Gasteiger partial charge in [0.1, 0.15) is 17.3 Å². The summed E-state index contributed by atoms with van der Waals surface area (Å²) in [7, 11) is 0. The number of carbonyl (C=O) groups excluding carboxylic acids is 2. The molecule has 1 aliphatic carbocycles. The fraction of sp³-hybridized carbons (Fsp3) is 0.474. The molecule has 0 radical (unpaired) electrons. The van der Waals surface area contributed by atoms with Crippen LogP contribution < -0.4 is 4.74 Å². The van der Waals surface area contributed by atoms with Crippen molar-refractivity contribution in [1.29, 1.82) is 0 Å². The third kappa shape index (κ3) is 10.6. The van der Waals surface area contributed by atoms with Crippen molar-refractivity contribution in [3.63, 3.8) is 0 Å². The van der Waals surface area contributed by atoms with E-state index >= 15 is 0 Å². The molecule has 1 aliphatic rings. The molecule has 2 aromatic carbocycles. The average Bonchev–Trinajstić information content (AvgIpc) is 3.28. The van der Waals surface area contributed by atoms with Crippen molar-refractivity contribution >= 4 is 22.9 Å². The van der Waals surface area contributed by atoms with E-state index in [0.717, 1.165) is 43.2 Å². The molecule has 0 aromatic heterocycles. The quantitative estimate of drug-likeness (QED) is 0.0554. The summed E-state index contributed by atoms with van der Waals surface area (Å²) in [5.41, 5.74) is 4.61. The lowest BCUT2D eigenvalue weighted by Gasteiger charge is -2.16. The topological polar surface area (TPSA) is 104 Å². The van der Waals surface area contributed by atoms with Crippen LogP contribution in [0.1, 0.15) is 103 Å². The normalized spacial score (nSPS) is 19.9. The number of ketones is 1. The van der Waals surface area contributed by atoms with Gasteiger partial charge in [0.25, 0.3) is 0 Å². The van der Waals surface area contributed by atoms with E-state index in [4.69, 9.17) is 4.74 Å². The summed E-state index contributed by atoms with van der Waals surface area (Å²) in [6.07, 6.45) is 14.1. The number of hydrogen-bond acceptors (Lipinski definition) is 6. The Morgan fingerprint density at radius 3 is 2.18 bits per heavy atom. The molecule has 44 heavy (non-hydrogen) atoms. The number of ether oxygens (including phenoxy) is 1. The summed E-state index contributed by atoms with van der Waals surface area (Å²) in [5.74, 6) is -0.0316. The second-order valence-corrected chi connectivity index (χ2v) is 11.7. The minimum Gasteiger partial charge on any atom is -0.508 e. The van der Waals surface area contributed by atoms with Crippen LogP contribution in [0.25, 0.3) is 11.1 Å². The van der Waals surface area contributed by atoms with Gasteiger partial charge in [0.2, 0.25) is 0 Å². The lowest BCUT2D eigenvalue weighted by atomic mass is 9.90. The van der Waals surface area contributed by atoms with Gasteiger partial charge in [-0.3, -0.25) is 9.59 Å². The first kappa shape index (κ1) is 35.0. The monoisotopic (exact) mass is 602 g/mol. The highest BCUT2D eigenvalue weighted by Crippen LogP contribution is 2.34. The number of phenols is 1. The second-order valence-electron chi connectivity index (χ2n) is 11.7. The van der Waals surface area contributed by atoms with Gasteiger partial charge in [-0.1, -0.05) is 88.6 Å². The molecule has 4 atom stereocenters. The number of unbranched alkanes of at least 4 members (excludes halogenated alkanes) is 3. The molecule has 0 aliphatic heterocycles. The molecule has 0 heterocycles. The number of aromatic hydroxyl groups is 1. The maximum absolute atomic E-state index is 12.5. The van der Waals surface area contributed by atoms with E-state index < -0.39 is 12.2 Å². The van der Waals surface area contributed by atoms with Crippen LogP contribution in [-0.4, -0.2) is 39.3 Å². The van der Waals surface area contributed by atoms with Crippen molar-refractivity contribution in [1.82, 2.24) is 0 Å². The Morgan fingerprint density at radius 1 is 0.932 bits per heavy atom. The Bertz CT molecular complexity index is 1270. The van der Waals surface area contributed by atoms with E-state index in [1.807, 2.05) is 54.6 Å². The van der Waals surface area contributed by atoms with Crippen molar-refractivity contribution < 1.29 is 29.6 Å². The summed E-state index contributed by atoms with van der Waals surface area (Å²) < 4.78 is 5.56. The molecule has 4 unspecified atom stereocenters. The standard InChI is InChI=1S/C38H50O6/c1-4-7-10-13-29(39)22-25-35-34(36(41)26-37(35)42)14-11-8-9-12-15-38(43)44-31-23-18-28(19-24-31)33(6-3)32(5-2)27-16-20-30(40)21-17-27/h8,11,16-25,29,34-35,37,39-40,42H,4-7,9-10,12-15,26H2,1-3H3. The van der Waals surface area contributed by atoms with Crippen LogP contribution in [0.4, 0.5) is 0 Å². The number of allylic oxidation sites excluding steroid dienone is 4. The molecule has 0 amide bonds. The van der Waals surface area contributed by atoms with Crippen molar-refractivity contribution in [3.05, 3.63) is 84.0 Å².